The van der Waals surface area contributed by atoms with Crippen molar-refractivity contribution in [1.29, 1.82) is 0 Å². The van der Waals surface area contributed by atoms with E-state index in [1.54, 1.807) is 0 Å². The van der Waals surface area contributed by atoms with Crippen LogP contribution in [-0.2, 0) is 4.79 Å². The SMILES string of the molecule is O=C(CN1CCNCC1)N1CC2CCCC2C1. The molecule has 0 radical (unpaired) electrons. The van der Waals surface area contributed by atoms with Crippen molar-refractivity contribution in [1.82, 2.24) is 15.1 Å². The Morgan fingerprint density at radius 3 is 2.41 bits per heavy atom. The fourth-order valence-corrected chi connectivity index (χ4v) is 3.60. The quantitative estimate of drug-likeness (QED) is 0.742. The summed E-state index contributed by atoms with van der Waals surface area (Å²) in [4.78, 5) is 16.6. The molecule has 1 amide bonds. The summed E-state index contributed by atoms with van der Waals surface area (Å²) in [6.07, 6.45) is 4.08. The molecule has 0 aromatic carbocycles. The second kappa shape index (κ2) is 4.94. The highest BCUT2D eigenvalue weighted by molar-refractivity contribution is 5.78. The topological polar surface area (TPSA) is 35.6 Å². The molecule has 3 rings (SSSR count). The highest BCUT2D eigenvalue weighted by atomic mass is 16.2. The van der Waals surface area contributed by atoms with Gasteiger partial charge in [-0.3, -0.25) is 9.69 Å². The van der Waals surface area contributed by atoms with Crippen LogP contribution < -0.4 is 5.32 Å². The van der Waals surface area contributed by atoms with Gasteiger partial charge >= 0.3 is 0 Å². The Balaban J connectivity index is 1.49. The van der Waals surface area contributed by atoms with Gasteiger partial charge in [0.15, 0.2) is 0 Å². The first-order chi connectivity index (χ1) is 8.33. The molecule has 0 bridgehead atoms. The molecule has 4 nitrogen and oxygen atoms in total. The van der Waals surface area contributed by atoms with Crippen LogP contribution in [0.3, 0.4) is 0 Å². The molecule has 1 aliphatic carbocycles. The molecule has 96 valence electrons. The number of amides is 1. The molecule has 4 heteroatoms. The number of carbonyl (C=O) groups is 1. The Morgan fingerprint density at radius 1 is 1.12 bits per heavy atom. The number of hydrogen-bond acceptors (Lipinski definition) is 3. The maximum absolute atomic E-state index is 12.2. The van der Waals surface area contributed by atoms with Crippen molar-refractivity contribution in [3.8, 4) is 0 Å². The number of likely N-dealkylation sites (tertiary alicyclic amines) is 1. The third kappa shape index (κ3) is 2.47. The number of piperazine rings is 1. The van der Waals surface area contributed by atoms with E-state index in [4.69, 9.17) is 0 Å². The fraction of sp³-hybridized carbons (Fsp3) is 0.923. The van der Waals surface area contributed by atoms with Crippen molar-refractivity contribution in [2.45, 2.75) is 19.3 Å². The summed E-state index contributed by atoms with van der Waals surface area (Å²) in [5.74, 6) is 2.00. The van der Waals surface area contributed by atoms with E-state index in [1.165, 1.54) is 19.3 Å². The van der Waals surface area contributed by atoms with E-state index in [-0.39, 0.29) is 0 Å². The molecule has 2 saturated heterocycles. The first-order valence-electron chi connectivity index (χ1n) is 7.04. The number of nitrogens with one attached hydrogen (secondary N) is 1. The molecular weight excluding hydrogens is 214 g/mol. The van der Waals surface area contributed by atoms with Gasteiger partial charge in [-0.1, -0.05) is 6.42 Å². The normalized spacial score (nSPS) is 34.0. The average molecular weight is 237 g/mol. The molecular formula is C13H23N3O. The first-order valence-corrected chi connectivity index (χ1v) is 7.04. The van der Waals surface area contributed by atoms with E-state index in [0.29, 0.717) is 12.5 Å². The van der Waals surface area contributed by atoms with Crippen LogP contribution in [0, 0.1) is 11.8 Å². The van der Waals surface area contributed by atoms with Gasteiger partial charge in [0, 0.05) is 39.3 Å². The van der Waals surface area contributed by atoms with Gasteiger partial charge in [0.1, 0.15) is 0 Å². The van der Waals surface area contributed by atoms with Crippen LogP contribution in [0.15, 0.2) is 0 Å². The van der Waals surface area contributed by atoms with E-state index < -0.39 is 0 Å². The summed E-state index contributed by atoms with van der Waals surface area (Å²) in [7, 11) is 0. The summed E-state index contributed by atoms with van der Waals surface area (Å²) in [6.45, 7) is 6.81. The molecule has 2 atom stereocenters. The maximum Gasteiger partial charge on any atom is 0.236 e. The van der Waals surface area contributed by atoms with E-state index in [9.17, 15) is 4.79 Å². The third-order valence-corrected chi connectivity index (χ3v) is 4.65. The Morgan fingerprint density at radius 2 is 1.76 bits per heavy atom. The van der Waals surface area contributed by atoms with E-state index in [2.05, 4.69) is 15.1 Å². The highest BCUT2D eigenvalue weighted by Gasteiger charge is 2.38. The van der Waals surface area contributed by atoms with Gasteiger partial charge in [0.05, 0.1) is 6.54 Å². The van der Waals surface area contributed by atoms with Crippen molar-refractivity contribution >= 4 is 5.91 Å². The highest BCUT2D eigenvalue weighted by Crippen LogP contribution is 2.37. The Kier molecular flexibility index (Phi) is 3.34. The van der Waals surface area contributed by atoms with Gasteiger partial charge < -0.3 is 10.2 Å². The molecule has 2 heterocycles. The fourth-order valence-electron chi connectivity index (χ4n) is 3.60. The molecule has 1 N–H and O–H groups in total. The van der Waals surface area contributed by atoms with E-state index >= 15 is 0 Å². The van der Waals surface area contributed by atoms with Crippen molar-refractivity contribution in [3.05, 3.63) is 0 Å². The van der Waals surface area contributed by atoms with Crippen LogP contribution >= 0.6 is 0 Å². The van der Waals surface area contributed by atoms with Gasteiger partial charge in [-0.2, -0.15) is 0 Å². The van der Waals surface area contributed by atoms with E-state index in [1.807, 2.05) is 0 Å². The summed E-state index contributed by atoms with van der Waals surface area (Å²) in [5.41, 5.74) is 0. The summed E-state index contributed by atoms with van der Waals surface area (Å²) in [5, 5.41) is 3.32. The predicted molar refractivity (Wildman–Crippen MR) is 66.7 cm³/mol. The lowest BCUT2D eigenvalue weighted by Gasteiger charge is -2.28. The smallest absolute Gasteiger partial charge is 0.236 e. The Labute approximate surface area is 103 Å². The number of carbonyl (C=O) groups excluding carboxylic acids is 1. The molecule has 1 saturated carbocycles. The van der Waals surface area contributed by atoms with Gasteiger partial charge in [-0.05, 0) is 24.7 Å². The predicted octanol–water partition coefficient (Wildman–Crippen LogP) is 0.150. The van der Waals surface area contributed by atoms with Gasteiger partial charge in [0.25, 0.3) is 0 Å². The molecule has 0 aromatic rings. The van der Waals surface area contributed by atoms with Gasteiger partial charge in [-0.25, -0.2) is 0 Å². The van der Waals surface area contributed by atoms with Crippen molar-refractivity contribution in [2.75, 3.05) is 45.8 Å². The van der Waals surface area contributed by atoms with Crippen LogP contribution in [0.5, 0.6) is 0 Å². The van der Waals surface area contributed by atoms with Gasteiger partial charge in [-0.15, -0.1) is 0 Å². The third-order valence-electron chi connectivity index (χ3n) is 4.65. The lowest BCUT2D eigenvalue weighted by atomic mass is 10.0. The molecule has 17 heavy (non-hydrogen) atoms. The Hall–Kier alpha value is -0.610. The molecule has 3 fully saturated rings. The maximum atomic E-state index is 12.2. The lowest BCUT2D eigenvalue weighted by Crippen LogP contribution is -2.48. The standard InChI is InChI=1S/C13H23N3O/c17-13(10-15-6-4-14-5-7-15)16-8-11-2-1-3-12(11)9-16/h11-12,14H,1-10H2. The minimum absolute atomic E-state index is 0.362. The number of nitrogens with zero attached hydrogens (tertiary/aromatic N) is 2. The number of rotatable bonds is 2. The first kappa shape index (κ1) is 11.5. The monoisotopic (exact) mass is 237 g/mol. The van der Waals surface area contributed by atoms with E-state index in [0.717, 1.165) is 51.1 Å². The zero-order chi connectivity index (χ0) is 11.7. The molecule has 2 unspecified atom stereocenters. The summed E-state index contributed by atoms with van der Waals surface area (Å²) >= 11 is 0. The molecule has 0 spiro atoms. The van der Waals surface area contributed by atoms with Crippen LogP contribution in [0.4, 0.5) is 0 Å². The largest absolute Gasteiger partial charge is 0.341 e. The van der Waals surface area contributed by atoms with Crippen LogP contribution in [-0.4, -0.2) is 61.5 Å². The van der Waals surface area contributed by atoms with Crippen LogP contribution in [0.25, 0.3) is 0 Å². The van der Waals surface area contributed by atoms with Gasteiger partial charge in [0.2, 0.25) is 5.91 Å². The Bertz CT molecular complexity index is 276. The summed E-state index contributed by atoms with van der Waals surface area (Å²) < 4.78 is 0. The van der Waals surface area contributed by atoms with Crippen LogP contribution in [0.1, 0.15) is 19.3 Å². The molecule has 0 aromatic heterocycles. The average Bonchev–Trinajstić information content (AvgIpc) is 2.90. The second-order valence-electron chi connectivity index (χ2n) is 5.78. The second-order valence-corrected chi connectivity index (χ2v) is 5.78. The molecule has 2 aliphatic heterocycles. The minimum Gasteiger partial charge on any atom is -0.341 e. The van der Waals surface area contributed by atoms with Crippen molar-refractivity contribution in [2.24, 2.45) is 11.8 Å². The van der Waals surface area contributed by atoms with Crippen molar-refractivity contribution < 1.29 is 4.79 Å². The van der Waals surface area contributed by atoms with Crippen molar-refractivity contribution in [3.63, 3.8) is 0 Å². The van der Waals surface area contributed by atoms with Crippen LogP contribution in [0.2, 0.25) is 0 Å². The zero-order valence-electron chi connectivity index (χ0n) is 10.5. The number of hydrogen-bond donors (Lipinski definition) is 1. The number of fused-ring (bicyclic) bond motifs is 1. The molecule has 3 aliphatic rings. The minimum atomic E-state index is 0.362. The lowest BCUT2D eigenvalue weighted by molar-refractivity contribution is -0.131. The zero-order valence-corrected chi connectivity index (χ0v) is 10.5. The summed E-state index contributed by atoms with van der Waals surface area (Å²) in [6, 6.07) is 0.